The molecule has 1 atom stereocenters. The van der Waals surface area contributed by atoms with Gasteiger partial charge in [0.15, 0.2) is 0 Å². The lowest BCUT2D eigenvalue weighted by molar-refractivity contribution is -0.0864. The third kappa shape index (κ3) is 1.98. The van der Waals surface area contributed by atoms with Gasteiger partial charge in [-0.3, -0.25) is 0 Å². The molecule has 0 bridgehead atoms. The van der Waals surface area contributed by atoms with E-state index in [2.05, 4.69) is 18.6 Å². The Labute approximate surface area is 63.8 Å². The smallest absolute Gasteiger partial charge is 0.145 e. The second-order valence-corrected chi connectivity index (χ2v) is 3.39. The van der Waals surface area contributed by atoms with Gasteiger partial charge in [0, 0.05) is 12.8 Å². The van der Waals surface area contributed by atoms with Crippen LogP contribution in [0.4, 0.5) is 0 Å². The molecule has 1 saturated heterocycles. The lowest BCUT2D eigenvalue weighted by atomic mass is 9.86. The second-order valence-electron chi connectivity index (χ2n) is 3.39. The summed E-state index contributed by atoms with van der Waals surface area (Å²) < 4.78 is 4.34. The zero-order valence-corrected chi connectivity index (χ0v) is 7.14. The van der Waals surface area contributed by atoms with Gasteiger partial charge in [0.05, 0.1) is 0 Å². The van der Waals surface area contributed by atoms with Crippen molar-refractivity contribution in [2.45, 2.75) is 33.1 Å². The lowest BCUT2D eigenvalue weighted by Gasteiger charge is -2.24. The van der Waals surface area contributed by atoms with E-state index in [0.29, 0.717) is 0 Å². The molecule has 0 aliphatic carbocycles. The standard InChI is InChI=1S/C9H18O/c1-3-8(2)9-4-6-10-7-5-9/h8-9H,3-7H2,1-2H3/p+1. The molecule has 1 unspecified atom stereocenters. The highest BCUT2D eigenvalue weighted by atomic mass is 16.5. The number of ether oxygens (including phenoxy) is 1. The minimum Gasteiger partial charge on any atom is -0.434 e. The molecular formula is C9H19O+. The van der Waals surface area contributed by atoms with E-state index in [1.807, 2.05) is 0 Å². The summed E-state index contributed by atoms with van der Waals surface area (Å²) in [7, 11) is 0. The minimum atomic E-state index is 0.926. The molecule has 0 spiro atoms. The molecule has 1 N–H and O–H groups in total. The third-order valence-electron chi connectivity index (χ3n) is 2.76. The highest BCUT2D eigenvalue weighted by molar-refractivity contribution is 4.67. The van der Waals surface area contributed by atoms with E-state index in [4.69, 9.17) is 0 Å². The van der Waals surface area contributed by atoms with Gasteiger partial charge in [0.2, 0.25) is 0 Å². The summed E-state index contributed by atoms with van der Waals surface area (Å²) in [5.41, 5.74) is 0. The van der Waals surface area contributed by atoms with Gasteiger partial charge in [-0.25, -0.2) is 0 Å². The van der Waals surface area contributed by atoms with Gasteiger partial charge in [0.25, 0.3) is 0 Å². The van der Waals surface area contributed by atoms with Gasteiger partial charge in [-0.15, -0.1) is 0 Å². The third-order valence-corrected chi connectivity index (χ3v) is 2.76. The zero-order chi connectivity index (χ0) is 7.40. The fraction of sp³-hybridized carbons (Fsp3) is 1.00. The summed E-state index contributed by atoms with van der Waals surface area (Å²) in [6, 6.07) is 0. The van der Waals surface area contributed by atoms with Crippen LogP contribution in [0.5, 0.6) is 0 Å². The summed E-state index contributed by atoms with van der Waals surface area (Å²) in [4.78, 5) is 0. The number of rotatable bonds is 2. The topological polar surface area (TPSA) is 12.8 Å². The van der Waals surface area contributed by atoms with Crippen LogP contribution in [0, 0.1) is 11.8 Å². The Balaban J connectivity index is 2.24. The first-order chi connectivity index (χ1) is 4.84. The first-order valence-corrected chi connectivity index (χ1v) is 4.47. The Morgan fingerprint density at radius 3 is 2.50 bits per heavy atom. The molecule has 0 aromatic heterocycles. The normalized spacial score (nSPS) is 24.6. The second kappa shape index (κ2) is 3.97. The Morgan fingerprint density at radius 1 is 1.40 bits per heavy atom. The molecule has 1 rings (SSSR count). The van der Waals surface area contributed by atoms with Crippen LogP contribution in [-0.4, -0.2) is 18.0 Å². The van der Waals surface area contributed by atoms with E-state index >= 15 is 0 Å². The van der Waals surface area contributed by atoms with E-state index < -0.39 is 0 Å². The summed E-state index contributed by atoms with van der Waals surface area (Å²) >= 11 is 0. The van der Waals surface area contributed by atoms with Gasteiger partial charge in [0.1, 0.15) is 13.2 Å². The molecule has 1 heterocycles. The number of aliphatic hydroxyl groups is 2. The maximum absolute atomic E-state index is 4.34. The molecule has 0 aromatic rings. The molecule has 1 heteroatoms. The van der Waals surface area contributed by atoms with Crippen LogP contribution in [0.3, 0.4) is 0 Å². The Hall–Kier alpha value is -0.0400. The van der Waals surface area contributed by atoms with Crippen LogP contribution in [0.1, 0.15) is 33.1 Å². The molecule has 0 aromatic carbocycles. The van der Waals surface area contributed by atoms with Crippen LogP contribution in [0.2, 0.25) is 0 Å². The van der Waals surface area contributed by atoms with Crippen molar-refractivity contribution >= 4 is 0 Å². The fourth-order valence-corrected chi connectivity index (χ4v) is 1.67. The minimum absolute atomic E-state index is 0.926. The van der Waals surface area contributed by atoms with Crippen LogP contribution < -0.4 is 0 Å². The fourth-order valence-electron chi connectivity index (χ4n) is 1.67. The molecule has 0 saturated carbocycles. The highest BCUT2D eigenvalue weighted by Gasteiger charge is 2.20. The molecule has 1 fully saturated rings. The quantitative estimate of drug-likeness (QED) is 0.524. The van der Waals surface area contributed by atoms with Crippen molar-refractivity contribution in [3.63, 3.8) is 0 Å². The van der Waals surface area contributed by atoms with Gasteiger partial charge in [-0.1, -0.05) is 20.3 Å². The Bertz CT molecular complexity index is 84.7. The van der Waals surface area contributed by atoms with E-state index in [0.717, 1.165) is 25.0 Å². The van der Waals surface area contributed by atoms with E-state index in [1.165, 1.54) is 19.3 Å². The summed E-state index contributed by atoms with van der Waals surface area (Å²) in [6.07, 6.45) is 4.02. The predicted octanol–water partition coefficient (Wildman–Crippen LogP) is 1.97. The van der Waals surface area contributed by atoms with E-state index in [-0.39, 0.29) is 0 Å². The average molecular weight is 143 g/mol. The maximum atomic E-state index is 4.34. The molecule has 1 nitrogen and oxygen atoms in total. The SMILES string of the molecule is CCC(C)C1CC[OH+]CC1. The van der Waals surface area contributed by atoms with Gasteiger partial charge >= 0.3 is 0 Å². The Morgan fingerprint density at radius 2 is 2.00 bits per heavy atom. The first-order valence-electron chi connectivity index (χ1n) is 4.47. The largest absolute Gasteiger partial charge is 0.434 e. The van der Waals surface area contributed by atoms with Crippen LogP contribution >= 0.6 is 0 Å². The number of hydrogen-bond acceptors (Lipinski definition) is 0. The van der Waals surface area contributed by atoms with Crippen molar-refractivity contribution < 1.29 is 4.74 Å². The monoisotopic (exact) mass is 143 g/mol. The summed E-state index contributed by atoms with van der Waals surface area (Å²) in [5.74, 6) is 1.90. The van der Waals surface area contributed by atoms with Crippen molar-refractivity contribution in [2.75, 3.05) is 13.2 Å². The van der Waals surface area contributed by atoms with Crippen molar-refractivity contribution in [2.24, 2.45) is 11.8 Å². The van der Waals surface area contributed by atoms with Crippen molar-refractivity contribution in [3.05, 3.63) is 0 Å². The molecule has 10 heavy (non-hydrogen) atoms. The van der Waals surface area contributed by atoms with Crippen LogP contribution in [0.15, 0.2) is 0 Å². The van der Waals surface area contributed by atoms with Gasteiger partial charge < -0.3 is 4.74 Å². The molecule has 1 aliphatic rings. The summed E-state index contributed by atoms with van der Waals surface area (Å²) in [5, 5.41) is 0. The van der Waals surface area contributed by atoms with Gasteiger partial charge in [-0.2, -0.15) is 0 Å². The first kappa shape index (κ1) is 8.06. The van der Waals surface area contributed by atoms with Crippen LogP contribution in [0.25, 0.3) is 0 Å². The summed E-state index contributed by atoms with van der Waals surface area (Å²) in [6.45, 7) is 6.90. The molecule has 0 amide bonds. The van der Waals surface area contributed by atoms with Gasteiger partial charge in [-0.05, 0) is 11.8 Å². The number of hydrogen-bond donors (Lipinski definition) is 0. The van der Waals surface area contributed by atoms with Crippen molar-refractivity contribution in [1.29, 1.82) is 0 Å². The van der Waals surface area contributed by atoms with E-state index in [1.54, 1.807) is 0 Å². The molecule has 0 radical (unpaired) electrons. The van der Waals surface area contributed by atoms with E-state index in [9.17, 15) is 0 Å². The predicted molar refractivity (Wildman–Crippen MR) is 44.1 cm³/mol. The molecular weight excluding hydrogens is 124 g/mol. The highest BCUT2D eigenvalue weighted by Crippen LogP contribution is 2.24. The lowest BCUT2D eigenvalue weighted by Crippen LogP contribution is -2.23. The maximum Gasteiger partial charge on any atom is 0.145 e. The molecule has 60 valence electrons. The van der Waals surface area contributed by atoms with Crippen LogP contribution in [-0.2, 0) is 0 Å². The zero-order valence-electron chi connectivity index (χ0n) is 7.14. The van der Waals surface area contributed by atoms with Crippen molar-refractivity contribution in [3.8, 4) is 0 Å². The van der Waals surface area contributed by atoms with Crippen molar-refractivity contribution in [1.82, 2.24) is 0 Å². The Kier molecular flexibility index (Phi) is 3.20. The average Bonchev–Trinajstić information content (AvgIpc) is 2.05. The molecule has 1 aliphatic heterocycles.